The zero-order valence-electron chi connectivity index (χ0n) is 16.9. The van der Waals surface area contributed by atoms with Crippen LogP contribution in [0.4, 0.5) is 0 Å². The van der Waals surface area contributed by atoms with E-state index in [4.69, 9.17) is 4.74 Å². The standard InChI is InChI=1S/C22H31N3O3/c1-14-5-3-7-20(15(14)2)28-13-21(26)24-12-19-17-9-16(10-23-11-17)18-6-4-8-22(27)25(18)19/h3,5,7,16-19,23H,4,6,8-13H2,1-2H3,(H,24,26)/t16-,17+,18+,19+/m1/s1. The monoisotopic (exact) mass is 385 g/mol. The van der Waals surface area contributed by atoms with Crippen LogP contribution in [-0.2, 0) is 9.59 Å². The molecule has 4 rings (SSSR count). The lowest BCUT2D eigenvalue weighted by Gasteiger charge is -2.54. The van der Waals surface area contributed by atoms with Gasteiger partial charge < -0.3 is 20.3 Å². The van der Waals surface area contributed by atoms with Gasteiger partial charge in [-0.05, 0) is 68.7 Å². The van der Waals surface area contributed by atoms with E-state index in [2.05, 4.69) is 15.5 Å². The van der Waals surface area contributed by atoms with E-state index in [1.54, 1.807) is 0 Å². The molecule has 4 atom stereocenters. The summed E-state index contributed by atoms with van der Waals surface area (Å²) in [5, 5.41) is 6.56. The van der Waals surface area contributed by atoms with E-state index in [1.807, 2.05) is 32.0 Å². The molecule has 3 heterocycles. The maximum atomic E-state index is 12.7. The number of ether oxygens (including phenoxy) is 1. The highest BCUT2D eigenvalue weighted by Crippen LogP contribution is 2.39. The fourth-order valence-corrected chi connectivity index (χ4v) is 5.19. The smallest absolute Gasteiger partial charge is 0.258 e. The second-order valence-electron chi connectivity index (χ2n) is 8.53. The molecule has 6 nitrogen and oxygen atoms in total. The second-order valence-corrected chi connectivity index (χ2v) is 8.53. The molecule has 152 valence electrons. The van der Waals surface area contributed by atoms with E-state index < -0.39 is 0 Å². The van der Waals surface area contributed by atoms with Crippen LogP contribution in [0.2, 0.25) is 0 Å². The lowest BCUT2D eigenvalue weighted by atomic mass is 9.72. The number of carbonyl (C=O) groups excluding carboxylic acids is 2. The number of rotatable bonds is 5. The van der Waals surface area contributed by atoms with Crippen LogP contribution in [0.15, 0.2) is 18.2 Å². The third-order valence-corrected chi connectivity index (χ3v) is 6.82. The van der Waals surface area contributed by atoms with Gasteiger partial charge in [0.25, 0.3) is 5.91 Å². The van der Waals surface area contributed by atoms with Gasteiger partial charge in [-0.15, -0.1) is 0 Å². The van der Waals surface area contributed by atoms with Crippen molar-refractivity contribution in [3.63, 3.8) is 0 Å². The van der Waals surface area contributed by atoms with Gasteiger partial charge in [-0.1, -0.05) is 12.1 Å². The molecule has 2 N–H and O–H groups in total. The Morgan fingerprint density at radius 1 is 1.29 bits per heavy atom. The van der Waals surface area contributed by atoms with Crippen LogP contribution in [-0.4, -0.2) is 55.0 Å². The van der Waals surface area contributed by atoms with Crippen LogP contribution in [0.1, 0.15) is 36.8 Å². The fourth-order valence-electron chi connectivity index (χ4n) is 5.19. The molecule has 3 fully saturated rings. The van der Waals surface area contributed by atoms with E-state index in [9.17, 15) is 9.59 Å². The molecular weight excluding hydrogens is 354 g/mol. The minimum Gasteiger partial charge on any atom is -0.483 e. The number of aryl methyl sites for hydroxylation is 1. The number of nitrogens with one attached hydrogen (secondary N) is 2. The first kappa shape index (κ1) is 19.2. The fraction of sp³-hybridized carbons (Fsp3) is 0.636. The molecular formula is C22H31N3O3. The van der Waals surface area contributed by atoms with Gasteiger partial charge in [0.1, 0.15) is 5.75 Å². The van der Waals surface area contributed by atoms with Gasteiger partial charge in [0.05, 0.1) is 6.04 Å². The Balaban J connectivity index is 1.36. The molecule has 3 aliphatic heterocycles. The molecule has 0 spiro atoms. The van der Waals surface area contributed by atoms with Crippen molar-refractivity contribution in [2.75, 3.05) is 26.2 Å². The Kier molecular flexibility index (Phi) is 5.58. The Morgan fingerprint density at radius 2 is 2.11 bits per heavy atom. The van der Waals surface area contributed by atoms with Crippen molar-refractivity contribution in [2.24, 2.45) is 11.8 Å². The minimum atomic E-state index is -0.132. The summed E-state index contributed by atoms with van der Waals surface area (Å²) < 4.78 is 5.72. The zero-order valence-corrected chi connectivity index (χ0v) is 16.9. The quantitative estimate of drug-likeness (QED) is 0.811. The molecule has 2 bridgehead atoms. The van der Waals surface area contributed by atoms with Crippen LogP contribution in [0.25, 0.3) is 0 Å². The summed E-state index contributed by atoms with van der Waals surface area (Å²) in [6.45, 7) is 6.47. The topological polar surface area (TPSA) is 70.7 Å². The molecule has 0 aliphatic carbocycles. The number of piperidine rings is 3. The van der Waals surface area contributed by atoms with E-state index in [1.165, 1.54) is 0 Å². The minimum absolute atomic E-state index is 0.0000694. The van der Waals surface area contributed by atoms with E-state index in [0.29, 0.717) is 30.8 Å². The highest BCUT2D eigenvalue weighted by Gasteiger charge is 2.47. The molecule has 2 amide bonds. The molecule has 28 heavy (non-hydrogen) atoms. The molecule has 0 unspecified atom stereocenters. The normalized spacial score (nSPS) is 29.2. The molecule has 6 heteroatoms. The molecule has 3 aliphatic rings. The van der Waals surface area contributed by atoms with E-state index in [-0.39, 0.29) is 24.5 Å². The molecule has 1 aromatic carbocycles. The van der Waals surface area contributed by atoms with Crippen molar-refractivity contribution in [2.45, 2.75) is 51.6 Å². The summed E-state index contributed by atoms with van der Waals surface area (Å²) in [7, 11) is 0. The third-order valence-electron chi connectivity index (χ3n) is 6.82. The highest BCUT2D eigenvalue weighted by atomic mass is 16.5. The van der Waals surface area contributed by atoms with Crippen molar-refractivity contribution in [1.82, 2.24) is 15.5 Å². The average Bonchev–Trinajstić information content (AvgIpc) is 2.70. The SMILES string of the molecule is Cc1cccc(OCC(=O)NC[C@H]2[C@@H]3CNC[C@@H](C3)[C@@H]3CCCC(=O)N32)c1C. The Labute approximate surface area is 167 Å². The Morgan fingerprint density at radius 3 is 2.96 bits per heavy atom. The van der Waals surface area contributed by atoms with Gasteiger partial charge in [0, 0.05) is 25.6 Å². The maximum absolute atomic E-state index is 12.7. The summed E-state index contributed by atoms with van der Waals surface area (Å²) >= 11 is 0. The third kappa shape index (κ3) is 3.75. The van der Waals surface area contributed by atoms with E-state index >= 15 is 0 Å². The van der Waals surface area contributed by atoms with Gasteiger partial charge in [-0.3, -0.25) is 9.59 Å². The molecule has 1 aromatic rings. The summed E-state index contributed by atoms with van der Waals surface area (Å²) in [5.74, 6) is 1.85. The second kappa shape index (κ2) is 8.11. The number of amides is 2. The molecule has 0 radical (unpaired) electrons. The van der Waals surface area contributed by atoms with Crippen LogP contribution >= 0.6 is 0 Å². The average molecular weight is 386 g/mol. The van der Waals surface area contributed by atoms with E-state index in [0.717, 1.165) is 49.2 Å². The molecule has 0 saturated carbocycles. The Bertz CT molecular complexity index is 751. The number of carbonyl (C=O) groups is 2. The van der Waals surface area contributed by atoms with Crippen molar-refractivity contribution >= 4 is 11.8 Å². The van der Waals surface area contributed by atoms with Crippen LogP contribution in [0, 0.1) is 25.7 Å². The van der Waals surface area contributed by atoms with Gasteiger partial charge in [-0.2, -0.15) is 0 Å². The summed E-state index contributed by atoms with van der Waals surface area (Å²) in [6.07, 6.45) is 3.87. The first-order chi connectivity index (χ1) is 13.5. The van der Waals surface area contributed by atoms with Crippen LogP contribution < -0.4 is 15.4 Å². The summed E-state index contributed by atoms with van der Waals surface area (Å²) in [4.78, 5) is 27.2. The first-order valence-corrected chi connectivity index (χ1v) is 10.5. The van der Waals surface area contributed by atoms with Crippen LogP contribution in [0.3, 0.4) is 0 Å². The van der Waals surface area contributed by atoms with Crippen molar-refractivity contribution in [1.29, 1.82) is 0 Å². The van der Waals surface area contributed by atoms with Gasteiger partial charge in [0.2, 0.25) is 5.91 Å². The predicted molar refractivity (Wildman–Crippen MR) is 107 cm³/mol. The summed E-state index contributed by atoms with van der Waals surface area (Å²) in [6, 6.07) is 6.28. The highest BCUT2D eigenvalue weighted by molar-refractivity contribution is 5.79. The van der Waals surface area contributed by atoms with Crippen molar-refractivity contribution in [3.8, 4) is 5.75 Å². The first-order valence-electron chi connectivity index (χ1n) is 10.5. The Hall–Kier alpha value is -2.08. The van der Waals surface area contributed by atoms with Gasteiger partial charge in [-0.25, -0.2) is 0 Å². The predicted octanol–water partition coefficient (Wildman–Crippen LogP) is 1.79. The lowest BCUT2D eigenvalue weighted by molar-refractivity contribution is -0.149. The van der Waals surface area contributed by atoms with Crippen LogP contribution in [0.5, 0.6) is 5.75 Å². The zero-order chi connectivity index (χ0) is 19.7. The van der Waals surface area contributed by atoms with Crippen molar-refractivity contribution in [3.05, 3.63) is 29.3 Å². The number of hydrogen-bond acceptors (Lipinski definition) is 4. The number of hydrogen-bond donors (Lipinski definition) is 2. The largest absolute Gasteiger partial charge is 0.483 e. The van der Waals surface area contributed by atoms with Gasteiger partial charge in [0.15, 0.2) is 6.61 Å². The lowest BCUT2D eigenvalue weighted by Crippen LogP contribution is -2.66. The number of nitrogens with zero attached hydrogens (tertiary/aromatic N) is 1. The molecule has 0 aromatic heterocycles. The maximum Gasteiger partial charge on any atom is 0.258 e. The van der Waals surface area contributed by atoms with Gasteiger partial charge >= 0.3 is 0 Å². The molecule has 3 saturated heterocycles. The number of fused-ring (bicyclic) bond motifs is 4. The summed E-state index contributed by atoms with van der Waals surface area (Å²) in [5.41, 5.74) is 2.21. The number of benzene rings is 1. The van der Waals surface area contributed by atoms with Crippen molar-refractivity contribution < 1.29 is 14.3 Å².